The van der Waals surface area contributed by atoms with Crippen LogP contribution in [0.2, 0.25) is 5.15 Å². The fourth-order valence-electron chi connectivity index (χ4n) is 3.11. The maximum atomic E-state index is 10.4. The highest BCUT2D eigenvalue weighted by Gasteiger charge is 2.59. The Balaban J connectivity index is 2.15. The fraction of sp³-hybridized carbons (Fsp3) is 0.583. The van der Waals surface area contributed by atoms with Crippen molar-refractivity contribution in [3.63, 3.8) is 0 Å². The van der Waals surface area contributed by atoms with Crippen molar-refractivity contribution in [1.29, 1.82) is 0 Å². The molecule has 5 N–H and O–H groups in total. The minimum absolute atomic E-state index is 0.120. The molecule has 0 amide bonds. The van der Waals surface area contributed by atoms with Crippen molar-refractivity contribution >= 4 is 22.8 Å². The molecule has 1 fully saturated rings. The molecule has 0 bridgehead atoms. The Kier molecular flexibility index (Phi) is 3.79. The smallest absolute Gasteiger partial charge is 0.165 e. The van der Waals surface area contributed by atoms with Crippen LogP contribution in [0.25, 0.3) is 11.2 Å². The summed E-state index contributed by atoms with van der Waals surface area (Å²) in [4.78, 5) is 11.9. The number of nitrogens with zero attached hydrogens (tertiary/aromatic N) is 4. The Morgan fingerprint density at radius 1 is 1.23 bits per heavy atom. The molecule has 2 aromatic rings. The largest absolute Gasteiger partial charge is 0.396 e. The van der Waals surface area contributed by atoms with Gasteiger partial charge in [-0.05, 0) is 0 Å². The first-order valence-corrected chi connectivity index (χ1v) is 6.96. The van der Waals surface area contributed by atoms with Gasteiger partial charge in [-0.1, -0.05) is 11.6 Å². The lowest BCUT2D eigenvalue weighted by atomic mass is 9.89. The molecule has 0 aliphatic heterocycles. The van der Waals surface area contributed by atoms with Gasteiger partial charge in [0.15, 0.2) is 10.8 Å². The standard InChI is InChI=1S/C12H15ClN4O5/c13-10-6-11(15-3-14-10)17(4-16-6)7-5(1-18)12(22,2-19)9(21)8(7)20/h3-5,7-9,18-22H,1-2H2/t5-,7+,8+,9-,12-/m1/s1. The highest BCUT2D eigenvalue weighted by Crippen LogP contribution is 2.44. The van der Waals surface area contributed by atoms with Crippen LogP contribution in [0.5, 0.6) is 0 Å². The molecule has 0 saturated heterocycles. The summed E-state index contributed by atoms with van der Waals surface area (Å²) < 4.78 is 1.41. The summed E-state index contributed by atoms with van der Waals surface area (Å²) in [5.41, 5.74) is -1.45. The fourth-order valence-corrected chi connectivity index (χ4v) is 3.29. The van der Waals surface area contributed by atoms with E-state index in [0.29, 0.717) is 5.52 Å². The van der Waals surface area contributed by atoms with E-state index in [2.05, 4.69) is 15.0 Å². The third-order valence-corrected chi connectivity index (χ3v) is 4.60. The third-order valence-electron chi connectivity index (χ3n) is 4.33. The Morgan fingerprint density at radius 2 is 1.95 bits per heavy atom. The number of aromatic nitrogens is 4. The average molecular weight is 331 g/mol. The summed E-state index contributed by atoms with van der Waals surface area (Å²) in [7, 11) is 0. The van der Waals surface area contributed by atoms with Crippen LogP contribution in [0.15, 0.2) is 12.7 Å². The van der Waals surface area contributed by atoms with Crippen molar-refractivity contribution in [2.75, 3.05) is 13.2 Å². The van der Waals surface area contributed by atoms with Crippen molar-refractivity contribution in [2.24, 2.45) is 5.92 Å². The lowest BCUT2D eigenvalue weighted by Gasteiger charge is -2.30. The maximum Gasteiger partial charge on any atom is 0.165 e. The quantitative estimate of drug-likeness (QED) is 0.410. The molecule has 5 atom stereocenters. The predicted molar refractivity (Wildman–Crippen MR) is 74.0 cm³/mol. The number of hydrogen-bond acceptors (Lipinski definition) is 8. The molecular formula is C12H15ClN4O5. The molecule has 10 heteroatoms. The second-order valence-electron chi connectivity index (χ2n) is 5.35. The molecule has 2 heterocycles. The van der Waals surface area contributed by atoms with Gasteiger partial charge in [-0.15, -0.1) is 0 Å². The lowest BCUT2D eigenvalue weighted by molar-refractivity contribution is -0.134. The van der Waals surface area contributed by atoms with Gasteiger partial charge in [0, 0.05) is 5.92 Å². The minimum atomic E-state index is -2.04. The number of fused-ring (bicyclic) bond motifs is 1. The van der Waals surface area contributed by atoms with Gasteiger partial charge >= 0.3 is 0 Å². The van der Waals surface area contributed by atoms with E-state index in [1.807, 2.05) is 0 Å². The first-order valence-electron chi connectivity index (χ1n) is 6.59. The second kappa shape index (κ2) is 5.37. The van der Waals surface area contributed by atoms with Gasteiger partial charge in [-0.25, -0.2) is 15.0 Å². The number of aliphatic hydroxyl groups is 5. The van der Waals surface area contributed by atoms with Crippen LogP contribution in [-0.4, -0.2) is 76.1 Å². The Hall–Kier alpha value is -1.36. The van der Waals surface area contributed by atoms with Gasteiger partial charge < -0.3 is 30.1 Å². The van der Waals surface area contributed by atoms with Crippen LogP contribution >= 0.6 is 11.6 Å². The van der Waals surface area contributed by atoms with Crippen LogP contribution in [0.1, 0.15) is 6.04 Å². The van der Waals surface area contributed by atoms with E-state index in [1.54, 1.807) is 0 Å². The van der Waals surface area contributed by atoms with Crippen molar-refractivity contribution in [3.8, 4) is 0 Å². The van der Waals surface area contributed by atoms with Crippen LogP contribution in [0.3, 0.4) is 0 Å². The monoisotopic (exact) mass is 330 g/mol. The van der Waals surface area contributed by atoms with E-state index >= 15 is 0 Å². The second-order valence-corrected chi connectivity index (χ2v) is 5.71. The number of rotatable bonds is 3. The average Bonchev–Trinajstić information content (AvgIpc) is 3.02. The normalized spacial score (nSPS) is 35.4. The summed E-state index contributed by atoms with van der Waals surface area (Å²) in [5, 5.41) is 49.8. The van der Waals surface area contributed by atoms with E-state index in [-0.39, 0.29) is 10.8 Å². The number of hydrogen-bond donors (Lipinski definition) is 5. The number of halogens is 1. The first-order chi connectivity index (χ1) is 10.5. The number of imidazole rings is 1. The van der Waals surface area contributed by atoms with Crippen LogP contribution in [0, 0.1) is 5.92 Å². The molecule has 9 nitrogen and oxygen atoms in total. The van der Waals surface area contributed by atoms with E-state index in [1.165, 1.54) is 17.2 Å². The van der Waals surface area contributed by atoms with Crippen molar-refractivity contribution in [2.45, 2.75) is 23.9 Å². The van der Waals surface area contributed by atoms with Crippen LogP contribution in [-0.2, 0) is 0 Å². The Morgan fingerprint density at radius 3 is 2.59 bits per heavy atom. The van der Waals surface area contributed by atoms with E-state index in [4.69, 9.17) is 11.6 Å². The van der Waals surface area contributed by atoms with E-state index in [9.17, 15) is 25.5 Å². The topological polar surface area (TPSA) is 145 Å². The first kappa shape index (κ1) is 15.5. The van der Waals surface area contributed by atoms with E-state index < -0.39 is 43.0 Å². The van der Waals surface area contributed by atoms with Gasteiger partial charge in [-0.3, -0.25) is 0 Å². The molecule has 0 radical (unpaired) electrons. The third kappa shape index (κ3) is 1.94. The predicted octanol–water partition coefficient (Wildman–Crippen LogP) is -1.91. The van der Waals surface area contributed by atoms with Crippen LogP contribution in [0.4, 0.5) is 0 Å². The molecule has 1 aliphatic rings. The summed E-state index contributed by atoms with van der Waals surface area (Å²) in [6.07, 6.45) is -0.514. The van der Waals surface area contributed by atoms with Crippen molar-refractivity contribution < 1.29 is 25.5 Å². The highest BCUT2D eigenvalue weighted by atomic mass is 35.5. The summed E-state index contributed by atoms with van der Waals surface area (Å²) in [5.74, 6) is -1.02. The zero-order valence-corrected chi connectivity index (χ0v) is 12.0. The molecule has 0 unspecified atom stereocenters. The summed E-state index contributed by atoms with van der Waals surface area (Å²) >= 11 is 5.92. The van der Waals surface area contributed by atoms with Gasteiger partial charge in [0.05, 0.1) is 25.6 Å². The minimum Gasteiger partial charge on any atom is -0.396 e. The zero-order valence-electron chi connectivity index (χ0n) is 11.3. The molecule has 0 aromatic carbocycles. The van der Waals surface area contributed by atoms with E-state index in [0.717, 1.165) is 0 Å². The van der Waals surface area contributed by atoms with Crippen molar-refractivity contribution in [3.05, 3.63) is 17.8 Å². The van der Waals surface area contributed by atoms with Crippen LogP contribution < -0.4 is 0 Å². The molecule has 0 spiro atoms. The molecule has 22 heavy (non-hydrogen) atoms. The Bertz CT molecular complexity index is 697. The summed E-state index contributed by atoms with van der Waals surface area (Å²) in [6, 6.07) is -0.937. The molecule has 120 valence electrons. The molecular weight excluding hydrogens is 316 g/mol. The SMILES string of the molecule is OC[C@@H]1[C@H](n2cnc3c(Cl)ncnc32)[C@H](O)[C@@H](O)[C@@]1(O)CO. The molecule has 1 saturated carbocycles. The Labute approximate surface area is 129 Å². The summed E-state index contributed by atoms with van der Waals surface area (Å²) in [6.45, 7) is -1.37. The highest BCUT2D eigenvalue weighted by molar-refractivity contribution is 6.33. The van der Waals surface area contributed by atoms with Gasteiger partial charge in [-0.2, -0.15) is 0 Å². The number of aliphatic hydroxyl groups excluding tert-OH is 4. The lowest BCUT2D eigenvalue weighted by Crippen LogP contribution is -2.50. The van der Waals surface area contributed by atoms with Gasteiger partial charge in [0.1, 0.15) is 29.7 Å². The van der Waals surface area contributed by atoms with Gasteiger partial charge in [0.2, 0.25) is 0 Å². The maximum absolute atomic E-state index is 10.4. The molecule has 2 aromatic heterocycles. The zero-order chi connectivity index (χ0) is 16.1. The van der Waals surface area contributed by atoms with Crippen molar-refractivity contribution in [1.82, 2.24) is 19.5 Å². The molecule has 1 aliphatic carbocycles. The molecule has 3 rings (SSSR count). The van der Waals surface area contributed by atoms with Gasteiger partial charge in [0.25, 0.3) is 0 Å².